The summed E-state index contributed by atoms with van der Waals surface area (Å²) in [6.45, 7) is 1.54. The number of ether oxygens (including phenoxy) is 1. The van der Waals surface area contributed by atoms with Crippen LogP contribution in [-0.4, -0.2) is 36.3 Å². The molecule has 1 aliphatic heterocycles. The van der Waals surface area contributed by atoms with E-state index >= 15 is 0 Å². The van der Waals surface area contributed by atoms with Gasteiger partial charge in [0, 0.05) is 31.3 Å². The van der Waals surface area contributed by atoms with Crippen LogP contribution in [0.1, 0.15) is 13.3 Å². The molecular weight excluding hydrogens is 392 g/mol. The van der Waals surface area contributed by atoms with Crippen molar-refractivity contribution in [3.63, 3.8) is 0 Å². The van der Waals surface area contributed by atoms with Crippen molar-refractivity contribution < 1.29 is 24.0 Å². The number of amides is 3. The Hall–Kier alpha value is -3.95. The third-order valence-electron chi connectivity index (χ3n) is 4.65. The number of benzene rings is 2. The molecule has 0 spiro atoms. The maximum atomic E-state index is 12.7. The van der Waals surface area contributed by atoms with Gasteiger partial charge < -0.3 is 20.3 Å². The fraction of sp³-hybridized carbons (Fsp3) is 0.250. The second kappa shape index (κ2) is 8.60. The van der Waals surface area contributed by atoms with E-state index in [1.54, 1.807) is 24.3 Å². The Morgan fingerprint density at radius 3 is 2.47 bits per heavy atom. The third-order valence-corrected chi connectivity index (χ3v) is 4.65. The Labute approximate surface area is 172 Å². The highest BCUT2D eigenvalue weighted by Crippen LogP contribution is 2.31. The zero-order chi connectivity index (χ0) is 21.8. The van der Waals surface area contributed by atoms with Crippen LogP contribution in [0.2, 0.25) is 0 Å². The Bertz CT molecular complexity index is 1000. The molecular formula is C20H20N4O6. The first-order valence-electron chi connectivity index (χ1n) is 9.10. The number of hydrogen-bond acceptors (Lipinski definition) is 6. The molecule has 0 aliphatic carbocycles. The predicted octanol–water partition coefficient (Wildman–Crippen LogP) is 2.55. The summed E-state index contributed by atoms with van der Waals surface area (Å²) in [4.78, 5) is 48.3. The fourth-order valence-corrected chi connectivity index (χ4v) is 3.19. The Balaban J connectivity index is 1.71. The maximum absolute atomic E-state index is 12.7. The third kappa shape index (κ3) is 4.54. The number of nitrogens with zero attached hydrogens (tertiary/aromatic N) is 2. The molecule has 30 heavy (non-hydrogen) atoms. The minimum Gasteiger partial charge on any atom is -0.496 e. The zero-order valence-electron chi connectivity index (χ0n) is 16.4. The van der Waals surface area contributed by atoms with E-state index < -0.39 is 16.7 Å². The molecule has 156 valence electrons. The highest BCUT2D eigenvalue weighted by atomic mass is 16.6. The van der Waals surface area contributed by atoms with Crippen molar-refractivity contribution in [1.29, 1.82) is 0 Å². The number of methoxy groups -OCH3 is 1. The first-order chi connectivity index (χ1) is 14.3. The lowest BCUT2D eigenvalue weighted by molar-refractivity contribution is -0.384. The molecule has 0 saturated carbocycles. The van der Waals surface area contributed by atoms with E-state index in [-0.39, 0.29) is 36.2 Å². The fourth-order valence-electron chi connectivity index (χ4n) is 3.19. The smallest absolute Gasteiger partial charge is 0.296 e. The van der Waals surface area contributed by atoms with E-state index in [4.69, 9.17) is 4.74 Å². The lowest BCUT2D eigenvalue weighted by Crippen LogP contribution is -2.28. The van der Waals surface area contributed by atoms with Gasteiger partial charge in [0.1, 0.15) is 11.4 Å². The summed E-state index contributed by atoms with van der Waals surface area (Å²) >= 11 is 0. The Morgan fingerprint density at radius 1 is 1.17 bits per heavy atom. The molecule has 2 aromatic rings. The van der Waals surface area contributed by atoms with Gasteiger partial charge in [0.25, 0.3) is 5.69 Å². The topological polar surface area (TPSA) is 131 Å². The minimum absolute atomic E-state index is 0.0107. The lowest BCUT2D eigenvalue weighted by atomic mass is 10.1. The number of nitro benzene ring substituents is 1. The van der Waals surface area contributed by atoms with Crippen LogP contribution in [0, 0.1) is 16.0 Å². The quantitative estimate of drug-likeness (QED) is 0.554. The van der Waals surface area contributed by atoms with E-state index in [9.17, 15) is 24.5 Å². The van der Waals surface area contributed by atoms with Gasteiger partial charge in [0.05, 0.1) is 24.0 Å². The van der Waals surface area contributed by atoms with Crippen LogP contribution < -0.4 is 20.3 Å². The van der Waals surface area contributed by atoms with Crippen LogP contribution in [0.15, 0.2) is 42.5 Å². The molecule has 1 unspecified atom stereocenters. The molecule has 0 bridgehead atoms. The molecule has 3 amide bonds. The molecule has 1 heterocycles. The van der Waals surface area contributed by atoms with Crippen molar-refractivity contribution in [3.05, 3.63) is 52.6 Å². The van der Waals surface area contributed by atoms with Gasteiger partial charge in [0.2, 0.25) is 17.7 Å². The average molecular weight is 412 g/mol. The molecule has 10 heteroatoms. The first kappa shape index (κ1) is 20.8. The molecule has 1 atom stereocenters. The monoisotopic (exact) mass is 412 g/mol. The van der Waals surface area contributed by atoms with Gasteiger partial charge in [-0.25, -0.2) is 0 Å². The number of rotatable bonds is 6. The van der Waals surface area contributed by atoms with Crippen molar-refractivity contribution >= 4 is 40.5 Å². The second-order valence-electron chi connectivity index (χ2n) is 6.76. The van der Waals surface area contributed by atoms with Crippen molar-refractivity contribution in [2.45, 2.75) is 13.3 Å². The van der Waals surface area contributed by atoms with Gasteiger partial charge in [-0.3, -0.25) is 24.5 Å². The molecule has 3 rings (SSSR count). The summed E-state index contributed by atoms with van der Waals surface area (Å²) in [7, 11) is 1.39. The molecule has 1 fully saturated rings. The number of anilines is 3. The molecule has 0 aromatic heterocycles. The zero-order valence-corrected chi connectivity index (χ0v) is 16.4. The largest absolute Gasteiger partial charge is 0.496 e. The van der Waals surface area contributed by atoms with Gasteiger partial charge in [-0.15, -0.1) is 0 Å². The second-order valence-corrected chi connectivity index (χ2v) is 6.76. The summed E-state index contributed by atoms with van der Waals surface area (Å²) < 4.78 is 4.98. The molecule has 1 saturated heterocycles. The first-order valence-corrected chi connectivity index (χ1v) is 9.10. The number of hydrogen-bond donors (Lipinski definition) is 2. The van der Waals surface area contributed by atoms with Crippen LogP contribution in [-0.2, 0) is 14.4 Å². The van der Waals surface area contributed by atoms with Gasteiger partial charge >= 0.3 is 0 Å². The minimum atomic E-state index is -0.658. The molecule has 10 nitrogen and oxygen atoms in total. The van der Waals surface area contributed by atoms with Gasteiger partial charge in [-0.05, 0) is 36.4 Å². The summed E-state index contributed by atoms with van der Waals surface area (Å²) in [5.74, 6) is -1.27. The van der Waals surface area contributed by atoms with E-state index in [0.717, 1.165) is 0 Å². The summed E-state index contributed by atoms with van der Waals surface area (Å²) in [6.07, 6.45) is -0.0107. The van der Waals surface area contributed by atoms with Crippen LogP contribution in [0.25, 0.3) is 0 Å². The van der Waals surface area contributed by atoms with Crippen molar-refractivity contribution in [2.75, 3.05) is 29.2 Å². The Kier molecular flexibility index (Phi) is 5.95. The van der Waals surface area contributed by atoms with Gasteiger partial charge in [-0.2, -0.15) is 0 Å². The van der Waals surface area contributed by atoms with Crippen molar-refractivity contribution in [2.24, 2.45) is 5.92 Å². The van der Waals surface area contributed by atoms with Gasteiger partial charge in [0.15, 0.2) is 0 Å². The number of carbonyl (C=O) groups is 3. The van der Waals surface area contributed by atoms with Crippen LogP contribution in [0.3, 0.4) is 0 Å². The summed E-state index contributed by atoms with van der Waals surface area (Å²) in [5.41, 5.74) is 0.938. The summed E-state index contributed by atoms with van der Waals surface area (Å²) in [5, 5.41) is 16.5. The molecule has 2 aromatic carbocycles. The number of nitro groups is 1. The summed E-state index contributed by atoms with van der Waals surface area (Å²) in [6, 6.07) is 10.8. The van der Waals surface area contributed by atoms with Crippen molar-refractivity contribution in [3.8, 4) is 5.75 Å². The van der Waals surface area contributed by atoms with E-state index in [2.05, 4.69) is 10.6 Å². The van der Waals surface area contributed by atoms with Crippen LogP contribution >= 0.6 is 0 Å². The highest BCUT2D eigenvalue weighted by Gasteiger charge is 2.35. The molecule has 1 aliphatic rings. The van der Waals surface area contributed by atoms with E-state index in [1.165, 1.54) is 37.1 Å². The van der Waals surface area contributed by atoms with Crippen molar-refractivity contribution in [1.82, 2.24) is 0 Å². The number of carbonyl (C=O) groups excluding carboxylic acids is 3. The van der Waals surface area contributed by atoms with Crippen LogP contribution in [0.4, 0.5) is 22.7 Å². The predicted molar refractivity (Wildman–Crippen MR) is 109 cm³/mol. The maximum Gasteiger partial charge on any atom is 0.296 e. The van der Waals surface area contributed by atoms with Crippen LogP contribution in [0.5, 0.6) is 5.75 Å². The average Bonchev–Trinajstić information content (AvgIpc) is 3.10. The normalized spacial score (nSPS) is 15.6. The highest BCUT2D eigenvalue weighted by molar-refractivity contribution is 6.04. The Morgan fingerprint density at radius 2 is 1.87 bits per heavy atom. The number of nitrogens with one attached hydrogen (secondary N) is 2. The van der Waals surface area contributed by atoms with E-state index in [1.807, 2.05) is 0 Å². The molecule has 0 radical (unpaired) electrons. The lowest BCUT2D eigenvalue weighted by Gasteiger charge is -2.17. The standard InChI is InChI=1S/C20H20N4O6/c1-12(25)21-14-3-5-15(6-4-14)23-11-13(9-19(23)26)20(27)22-17-8-7-16(30-2)10-18(17)24(28)29/h3-8,10,13H,9,11H2,1-2H3,(H,21,25)(H,22,27). The molecule has 2 N–H and O–H groups in total. The SMILES string of the molecule is COc1ccc(NC(=O)C2CC(=O)N(c3ccc(NC(C)=O)cc3)C2)c([N+](=O)[O-])c1. The van der Waals surface area contributed by atoms with E-state index in [0.29, 0.717) is 17.1 Å². The van der Waals surface area contributed by atoms with Gasteiger partial charge in [-0.1, -0.05) is 0 Å².